The number of amides is 2. The molecule has 0 saturated carbocycles. The molecule has 1 unspecified atom stereocenters. The molecule has 1 aromatic rings. The molecule has 1 aromatic heterocycles. The molecule has 1 atom stereocenters. The number of piperidine rings is 1. The van der Waals surface area contributed by atoms with Crippen LogP contribution in [0.25, 0.3) is 0 Å². The van der Waals surface area contributed by atoms with Gasteiger partial charge in [0.15, 0.2) is 0 Å². The molecule has 2 N–H and O–H groups in total. The maximum absolute atomic E-state index is 13.9. The Labute approximate surface area is 126 Å². The summed E-state index contributed by atoms with van der Waals surface area (Å²) >= 11 is 0. The quantitative estimate of drug-likeness (QED) is 0.440. The Hall–Kier alpha value is -2.07. The van der Waals surface area contributed by atoms with E-state index in [2.05, 4.69) is 19.8 Å². The Morgan fingerprint density at radius 1 is 1.50 bits per heavy atom. The van der Waals surface area contributed by atoms with Gasteiger partial charge >= 0.3 is 0 Å². The number of nitrogens with zero attached hydrogens (tertiary/aromatic N) is 1. The van der Waals surface area contributed by atoms with Crippen LogP contribution in [-0.2, 0) is 30.5 Å². The molecule has 0 aromatic carbocycles. The maximum Gasteiger partial charge on any atom is 0.264 e. The third-order valence-electron chi connectivity index (χ3n) is 2.98. The van der Waals surface area contributed by atoms with Gasteiger partial charge < -0.3 is 5.32 Å². The van der Waals surface area contributed by atoms with Crippen LogP contribution in [0.5, 0.6) is 0 Å². The first-order valence-corrected chi connectivity index (χ1v) is 8.16. The van der Waals surface area contributed by atoms with Gasteiger partial charge in [-0.1, -0.05) is 0 Å². The summed E-state index contributed by atoms with van der Waals surface area (Å²) in [6.07, 6.45) is 2.36. The Morgan fingerprint density at radius 3 is 2.86 bits per heavy atom. The Balaban J connectivity index is 2.19. The molecule has 0 aliphatic carbocycles. The lowest BCUT2D eigenvalue weighted by Gasteiger charge is -2.24. The van der Waals surface area contributed by atoms with Crippen LogP contribution in [0, 0.1) is 5.95 Å². The fourth-order valence-corrected chi connectivity index (χ4v) is 2.26. The van der Waals surface area contributed by atoms with Crippen molar-refractivity contribution >= 4 is 27.6 Å². The third kappa shape index (κ3) is 4.21. The van der Waals surface area contributed by atoms with Gasteiger partial charge in [-0.05, 0) is 12.5 Å². The summed E-state index contributed by atoms with van der Waals surface area (Å²) in [4.78, 5) is 26.2. The number of carbonyl (C=O) groups excluding carboxylic acids is 2. The molecule has 0 bridgehead atoms. The number of hydrogen-bond acceptors (Lipinski definition) is 7. The molecule has 22 heavy (non-hydrogen) atoms. The van der Waals surface area contributed by atoms with Crippen molar-refractivity contribution in [2.45, 2.75) is 25.5 Å². The Kier molecular flexibility index (Phi) is 4.71. The SMILES string of the molecule is CS(=O)(=O)OCc1ccnc(F)c1NC1CCC(=O)NC1=O. The lowest BCUT2D eigenvalue weighted by Crippen LogP contribution is -2.47. The minimum absolute atomic E-state index is 0.124. The number of rotatable bonds is 5. The van der Waals surface area contributed by atoms with Crippen molar-refractivity contribution in [3.05, 3.63) is 23.8 Å². The summed E-state index contributed by atoms with van der Waals surface area (Å²) in [6.45, 7) is -0.395. The molecular weight excluding hydrogens is 317 g/mol. The molecular formula is C12H14FN3O5S. The molecule has 1 saturated heterocycles. The highest BCUT2D eigenvalue weighted by Gasteiger charge is 2.28. The van der Waals surface area contributed by atoms with Gasteiger partial charge in [-0.3, -0.25) is 19.1 Å². The molecule has 2 rings (SSSR count). The molecule has 120 valence electrons. The van der Waals surface area contributed by atoms with E-state index in [1.165, 1.54) is 6.07 Å². The fraction of sp³-hybridized carbons (Fsp3) is 0.417. The highest BCUT2D eigenvalue weighted by atomic mass is 32.2. The number of nitrogens with one attached hydrogen (secondary N) is 2. The highest BCUT2D eigenvalue weighted by Crippen LogP contribution is 2.22. The Morgan fingerprint density at radius 2 is 2.23 bits per heavy atom. The van der Waals surface area contributed by atoms with Gasteiger partial charge in [0.1, 0.15) is 6.04 Å². The topological polar surface area (TPSA) is 114 Å². The molecule has 0 radical (unpaired) electrons. The maximum atomic E-state index is 13.9. The van der Waals surface area contributed by atoms with Crippen molar-refractivity contribution in [2.24, 2.45) is 0 Å². The second-order valence-electron chi connectivity index (χ2n) is 4.75. The zero-order valence-electron chi connectivity index (χ0n) is 11.6. The van der Waals surface area contributed by atoms with Crippen LogP contribution in [0.15, 0.2) is 12.3 Å². The van der Waals surface area contributed by atoms with Gasteiger partial charge in [0.2, 0.25) is 17.8 Å². The molecule has 1 fully saturated rings. The summed E-state index contributed by atoms with van der Waals surface area (Å²) in [5, 5.41) is 4.78. The van der Waals surface area contributed by atoms with E-state index >= 15 is 0 Å². The number of imide groups is 1. The first-order chi connectivity index (χ1) is 10.3. The van der Waals surface area contributed by atoms with Gasteiger partial charge in [0.25, 0.3) is 10.1 Å². The zero-order chi connectivity index (χ0) is 16.3. The second kappa shape index (κ2) is 6.36. The number of anilines is 1. The summed E-state index contributed by atoms with van der Waals surface area (Å²) in [6, 6.07) is 0.566. The van der Waals surface area contributed by atoms with Crippen molar-refractivity contribution in [3.63, 3.8) is 0 Å². The van der Waals surface area contributed by atoms with Crippen LogP contribution >= 0.6 is 0 Å². The summed E-state index contributed by atoms with van der Waals surface area (Å²) in [5.41, 5.74) is 0.0725. The van der Waals surface area contributed by atoms with Crippen LogP contribution < -0.4 is 10.6 Å². The molecule has 0 spiro atoms. The van der Waals surface area contributed by atoms with Crippen molar-refractivity contribution in [2.75, 3.05) is 11.6 Å². The van der Waals surface area contributed by atoms with Gasteiger partial charge in [0, 0.05) is 18.2 Å². The smallest absolute Gasteiger partial charge is 0.264 e. The molecule has 8 nitrogen and oxygen atoms in total. The van der Waals surface area contributed by atoms with E-state index in [0.717, 1.165) is 12.5 Å². The van der Waals surface area contributed by atoms with Crippen molar-refractivity contribution in [1.82, 2.24) is 10.3 Å². The zero-order valence-corrected chi connectivity index (χ0v) is 12.4. The second-order valence-corrected chi connectivity index (χ2v) is 6.39. The number of carbonyl (C=O) groups is 2. The van der Waals surface area contributed by atoms with Gasteiger partial charge in [-0.25, -0.2) is 4.98 Å². The van der Waals surface area contributed by atoms with Crippen molar-refractivity contribution in [1.29, 1.82) is 0 Å². The molecule has 10 heteroatoms. The van der Waals surface area contributed by atoms with Crippen molar-refractivity contribution < 1.29 is 26.6 Å². The summed E-state index contributed by atoms with van der Waals surface area (Å²) in [7, 11) is -3.70. The van der Waals surface area contributed by atoms with E-state index in [-0.39, 0.29) is 24.1 Å². The number of pyridine rings is 1. The largest absolute Gasteiger partial charge is 0.370 e. The first-order valence-electron chi connectivity index (χ1n) is 6.34. The summed E-state index contributed by atoms with van der Waals surface area (Å²) < 4.78 is 40.5. The highest BCUT2D eigenvalue weighted by molar-refractivity contribution is 7.85. The number of halogens is 1. The van der Waals surface area contributed by atoms with Gasteiger partial charge in [0.05, 0.1) is 18.6 Å². The van der Waals surface area contributed by atoms with E-state index in [9.17, 15) is 22.4 Å². The molecule has 2 heterocycles. The van der Waals surface area contributed by atoms with E-state index in [1.54, 1.807) is 0 Å². The fourth-order valence-electron chi connectivity index (χ4n) is 1.92. The average Bonchev–Trinajstić information content (AvgIpc) is 2.41. The molecule has 1 aliphatic rings. The number of aromatic nitrogens is 1. The van der Waals surface area contributed by atoms with Crippen LogP contribution in [0.4, 0.5) is 10.1 Å². The minimum Gasteiger partial charge on any atom is -0.370 e. The van der Waals surface area contributed by atoms with E-state index in [0.29, 0.717) is 0 Å². The third-order valence-corrected chi connectivity index (χ3v) is 3.52. The van der Waals surface area contributed by atoms with E-state index < -0.39 is 40.5 Å². The lowest BCUT2D eigenvalue weighted by molar-refractivity contribution is -0.133. The van der Waals surface area contributed by atoms with Gasteiger partial charge in [-0.2, -0.15) is 12.8 Å². The average molecular weight is 331 g/mol. The predicted molar refractivity (Wildman–Crippen MR) is 73.6 cm³/mol. The standard InChI is InChI=1S/C12H14FN3O5S/c1-22(19,20)21-6-7-4-5-14-11(13)10(7)15-8-2-3-9(17)16-12(8)18/h4-5,8,15H,2-3,6H2,1H3,(H,16,17,18). The van der Waals surface area contributed by atoms with Gasteiger partial charge in [-0.15, -0.1) is 0 Å². The minimum atomic E-state index is -3.70. The summed E-state index contributed by atoms with van der Waals surface area (Å²) in [5.74, 6) is -1.86. The first kappa shape index (κ1) is 16.3. The monoisotopic (exact) mass is 331 g/mol. The molecule has 2 amide bonds. The number of hydrogen-bond donors (Lipinski definition) is 2. The van der Waals surface area contributed by atoms with Crippen LogP contribution in [0.1, 0.15) is 18.4 Å². The Bertz CT molecular complexity index is 707. The lowest BCUT2D eigenvalue weighted by atomic mass is 10.1. The predicted octanol–water partition coefficient (Wildman–Crippen LogP) is -0.0860. The van der Waals surface area contributed by atoms with Crippen LogP contribution in [0.2, 0.25) is 0 Å². The van der Waals surface area contributed by atoms with Crippen LogP contribution in [-0.4, -0.2) is 37.5 Å². The molecule has 1 aliphatic heterocycles. The van der Waals surface area contributed by atoms with Crippen LogP contribution in [0.3, 0.4) is 0 Å². The van der Waals surface area contributed by atoms with E-state index in [1.807, 2.05) is 0 Å². The van der Waals surface area contributed by atoms with E-state index in [4.69, 9.17) is 0 Å². The normalized spacial score (nSPS) is 18.9. The van der Waals surface area contributed by atoms with Crippen molar-refractivity contribution in [3.8, 4) is 0 Å².